The standard InChI is InChI=1S/C25H31N5O5/c1-18(31)26-20-5-9-23(10-6-20)34-17-21(32)15-29-11-13-30(14-12-29)16-24-27-25(28-35-24)19-3-7-22(33-2)8-4-19/h3-10,21,32H,11-17H2,1-2H3,(H,26,31). The molecule has 2 heterocycles. The van der Waals surface area contributed by atoms with Gasteiger partial charge in [0.1, 0.15) is 24.2 Å². The first kappa shape index (κ1) is 24.6. The Kier molecular flexibility index (Phi) is 8.30. The van der Waals surface area contributed by atoms with E-state index in [2.05, 4.69) is 25.3 Å². The van der Waals surface area contributed by atoms with Crippen molar-refractivity contribution in [3.63, 3.8) is 0 Å². The molecule has 1 unspecified atom stereocenters. The molecule has 2 aromatic carbocycles. The summed E-state index contributed by atoms with van der Waals surface area (Å²) in [6.07, 6.45) is -0.598. The highest BCUT2D eigenvalue weighted by atomic mass is 16.5. The summed E-state index contributed by atoms with van der Waals surface area (Å²) in [5, 5.41) is 17.2. The van der Waals surface area contributed by atoms with Crippen LogP contribution in [0.3, 0.4) is 0 Å². The number of rotatable bonds is 10. The Morgan fingerprint density at radius 2 is 1.71 bits per heavy atom. The lowest BCUT2D eigenvalue weighted by molar-refractivity contribution is -0.114. The summed E-state index contributed by atoms with van der Waals surface area (Å²) < 4.78 is 16.3. The van der Waals surface area contributed by atoms with Crippen molar-refractivity contribution in [2.45, 2.75) is 19.6 Å². The number of aromatic nitrogens is 2. The van der Waals surface area contributed by atoms with Crippen LogP contribution in [0.15, 0.2) is 53.1 Å². The number of piperazine rings is 1. The highest BCUT2D eigenvalue weighted by molar-refractivity contribution is 5.88. The minimum atomic E-state index is -0.598. The lowest BCUT2D eigenvalue weighted by Gasteiger charge is -2.34. The Morgan fingerprint density at radius 1 is 1.06 bits per heavy atom. The average molecular weight is 482 g/mol. The van der Waals surface area contributed by atoms with E-state index in [0.29, 0.717) is 36.2 Å². The third kappa shape index (κ3) is 7.25. The summed E-state index contributed by atoms with van der Waals surface area (Å²) in [4.78, 5) is 20.1. The quantitative estimate of drug-likeness (QED) is 0.450. The Bertz CT molecular complexity index is 1080. The second-order valence-electron chi connectivity index (χ2n) is 8.49. The second kappa shape index (κ2) is 11.8. The van der Waals surface area contributed by atoms with Gasteiger partial charge in [-0.2, -0.15) is 4.98 Å². The van der Waals surface area contributed by atoms with E-state index >= 15 is 0 Å². The van der Waals surface area contributed by atoms with Crippen molar-refractivity contribution < 1.29 is 23.9 Å². The molecule has 0 aliphatic carbocycles. The number of aliphatic hydroxyl groups excluding tert-OH is 1. The normalized spacial score (nSPS) is 15.5. The maximum atomic E-state index is 11.1. The largest absolute Gasteiger partial charge is 0.497 e. The molecule has 4 rings (SSSR count). The summed E-state index contributed by atoms with van der Waals surface area (Å²) in [5.41, 5.74) is 1.59. The first-order valence-electron chi connectivity index (χ1n) is 11.6. The van der Waals surface area contributed by atoms with Gasteiger partial charge in [0.05, 0.1) is 13.7 Å². The monoisotopic (exact) mass is 481 g/mol. The second-order valence-corrected chi connectivity index (χ2v) is 8.49. The van der Waals surface area contributed by atoms with E-state index in [-0.39, 0.29) is 12.5 Å². The minimum Gasteiger partial charge on any atom is -0.497 e. The molecule has 0 radical (unpaired) electrons. The summed E-state index contributed by atoms with van der Waals surface area (Å²) >= 11 is 0. The number of nitrogens with zero attached hydrogens (tertiary/aromatic N) is 4. The maximum absolute atomic E-state index is 11.1. The van der Waals surface area contributed by atoms with Gasteiger partial charge in [-0.15, -0.1) is 0 Å². The number of hydrogen-bond acceptors (Lipinski definition) is 9. The van der Waals surface area contributed by atoms with Gasteiger partial charge in [-0.1, -0.05) is 5.16 Å². The Balaban J connectivity index is 1.17. The summed E-state index contributed by atoms with van der Waals surface area (Å²) in [6, 6.07) is 14.6. The first-order valence-corrected chi connectivity index (χ1v) is 11.6. The summed E-state index contributed by atoms with van der Waals surface area (Å²) in [5.74, 6) is 2.46. The minimum absolute atomic E-state index is 0.121. The van der Waals surface area contributed by atoms with Crippen molar-refractivity contribution in [3.8, 4) is 22.9 Å². The molecule has 0 spiro atoms. The predicted octanol–water partition coefficient (Wildman–Crippen LogP) is 2.26. The number of hydrogen-bond donors (Lipinski definition) is 2. The molecule has 10 nitrogen and oxygen atoms in total. The van der Waals surface area contributed by atoms with Gasteiger partial charge in [-0.25, -0.2) is 0 Å². The zero-order valence-corrected chi connectivity index (χ0v) is 20.0. The molecule has 3 aromatic rings. The van der Waals surface area contributed by atoms with Crippen molar-refractivity contribution in [3.05, 3.63) is 54.4 Å². The lowest BCUT2D eigenvalue weighted by atomic mass is 10.2. The number of carbonyl (C=O) groups is 1. The lowest BCUT2D eigenvalue weighted by Crippen LogP contribution is -2.48. The fourth-order valence-corrected chi connectivity index (χ4v) is 3.88. The fraction of sp³-hybridized carbons (Fsp3) is 0.400. The van der Waals surface area contributed by atoms with E-state index in [9.17, 15) is 9.90 Å². The SMILES string of the molecule is COc1ccc(-c2noc(CN3CCN(CC(O)COc4ccc(NC(C)=O)cc4)CC3)n2)cc1. The van der Waals surface area contributed by atoms with Gasteiger partial charge in [0.2, 0.25) is 17.6 Å². The van der Waals surface area contributed by atoms with Gasteiger partial charge in [0.25, 0.3) is 0 Å². The summed E-state index contributed by atoms with van der Waals surface area (Å²) in [6.45, 7) is 6.17. The maximum Gasteiger partial charge on any atom is 0.241 e. The van der Waals surface area contributed by atoms with Crippen molar-refractivity contribution in [2.24, 2.45) is 0 Å². The summed E-state index contributed by atoms with van der Waals surface area (Å²) in [7, 11) is 1.63. The smallest absolute Gasteiger partial charge is 0.241 e. The zero-order chi connectivity index (χ0) is 24.6. The number of nitrogens with one attached hydrogen (secondary N) is 1. The number of carbonyl (C=O) groups excluding carboxylic acids is 1. The molecule has 1 aromatic heterocycles. The van der Waals surface area contributed by atoms with E-state index in [0.717, 1.165) is 37.5 Å². The van der Waals surface area contributed by atoms with E-state index in [4.69, 9.17) is 14.0 Å². The molecule has 0 saturated carbocycles. The molecule has 1 fully saturated rings. The van der Waals surface area contributed by atoms with Crippen LogP contribution in [0, 0.1) is 0 Å². The third-order valence-electron chi connectivity index (χ3n) is 5.73. The van der Waals surface area contributed by atoms with Gasteiger partial charge < -0.3 is 24.4 Å². The molecule has 10 heteroatoms. The molecule has 1 aliphatic rings. The Labute approximate surface area is 204 Å². The molecule has 186 valence electrons. The molecule has 35 heavy (non-hydrogen) atoms. The molecule has 1 aliphatic heterocycles. The van der Waals surface area contributed by atoms with E-state index in [1.807, 2.05) is 24.3 Å². The zero-order valence-electron chi connectivity index (χ0n) is 20.0. The van der Waals surface area contributed by atoms with Gasteiger partial charge in [-0.05, 0) is 48.5 Å². The molecule has 1 atom stereocenters. The number of methoxy groups -OCH3 is 1. The number of amides is 1. The number of ether oxygens (including phenoxy) is 2. The molecule has 1 saturated heterocycles. The van der Waals surface area contributed by atoms with E-state index in [1.54, 1.807) is 31.4 Å². The van der Waals surface area contributed by atoms with Gasteiger partial charge in [0.15, 0.2) is 0 Å². The van der Waals surface area contributed by atoms with Crippen LogP contribution in [0.4, 0.5) is 5.69 Å². The number of β-amino-alcohol motifs (C(OH)–C–C–N with tert-alkyl or cyclic N) is 1. The molecule has 1 amide bonds. The third-order valence-corrected chi connectivity index (χ3v) is 5.73. The molecule has 2 N–H and O–H groups in total. The number of anilines is 1. The van der Waals surface area contributed by atoms with Crippen molar-refractivity contribution >= 4 is 11.6 Å². The number of aliphatic hydroxyl groups is 1. The van der Waals surface area contributed by atoms with Crippen molar-refractivity contribution in [1.82, 2.24) is 19.9 Å². The van der Waals surface area contributed by atoms with Crippen LogP contribution in [-0.2, 0) is 11.3 Å². The van der Waals surface area contributed by atoms with Crippen molar-refractivity contribution in [1.29, 1.82) is 0 Å². The van der Waals surface area contributed by atoms with E-state index < -0.39 is 6.10 Å². The molecular formula is C25H31N5O5. The van der Waals surface area contributed by atoms with Crippen LogP contribution >= 0.6 is 0 Å². The van der Waals surface area contributed by atoms with Crippen LogP contribution in [0.1, 0.15) is 12.8 Å². The Morgan fingerprint density at radius 3 is 2.37 bits per heavy atom. The first-order chi connectivity index (χ1) is 17.0. The predicted molar refractivity (Wildman–Crippen MR) is 130 cm³/mol. The highest BCUT2D eigenvalue weighted by Gasteiger charge is 2.21. The van der Waals surface area contributed by atoms with Crippen molar-refractivity contribution in [2.75, 3.05) is 51.8 Å². The molecular weight excluding hydrogens is 450 g/mol. The van der Waals surface area contributed by atoms with Gasteiger partial charge in [-0.3, -0.25) is 14.6 Å². The molecule has 0 bridgehead atoms. The average Bonchev–Trinajstić information content (AvgIpc) is 3.33. The highest BCUT2D eigenvalue weighted by Crippen LogP contribution is 2.20. The topological polar surface area (TPSA) is 113 Å². The van der Waals surface area contributed by atoms with Gasteiger partial charge in [0, 0.05) is 50.9 Å². The van der Waals surface area contributed by atoms with Gasteiger partial charge >= 0.3 is 0 Å². The fourth-order valence-electron chi connectivity index (χ4n) is 3.88. The van der Waals surface area contributed by atoms with Crippen LogP contribution in [0.5, 0.6) is 11.5 Å². The van der Waals surface area contributed by atoms with Crippen LogP contribution < -0.4 is 14.8 Å². The van der Waals surface area contributed by atoms with E-state index in [1.165, 1.54) is 6.92 Å². The van der Waals surface area contributed by atoms with Crippen LogP contribution in [0.25, 0.3) is 11.4 Å². The Hall–Kier alpha value is -3.47. The number of benzene rings is 2. The van der Waals surface area contributed by atoms with Crippen LogP contribution in [0.2, 0.25) is 0 Å². The van der Waals surface area contributed by atoms with Crippen LogP contribution in [-0.4, -0.2) is 83.5 Å².